The molecule has 4 nitrogen and oxygen atoms in total. The number of carbonyl (C=O) groups is 1. The van der Waals surface area contributed by atoms with Crippen molar-refractivity contribution in [2.24, 2.45) is 5.41 Å². The zero-order chi connectivity index (χ0) is 14.2. The summed E-state index contributed by atoms with van der Waals surface area (Å²) >= 11 is 0. The van der Waals surface area contributed by atoms with Crippen LogP contribution < -0.4 is 5.32 Å². The highest BCUT2D eigenvalue weighted by Crippen LogP contribution is 2.47. The fourth-order valence-electron chi connectivity index (χ4n) is 3.50. The summed E-state index contributed by atoms with van der Waals surface area (Å²) in [6.45, 7) is 11.4. The molecule has 0 aromatic heterocycles. The van der Waals surface area contributed by atoms with E-state index in [4.69, 9.17) is 4.74 Å². The van der Waals surface area contributed by atoms with Crippen LogP contribution in [0.15, 0.2) is 0 Å². The number of hydrogen-bond acceptors (Lipinski definition) is 3. The van der Waals surface area contributed by atoms with Gasteiger partial charge in [0.2, 0.25) is 5.91 Å². The molecule has 0 radical (unpaired) electrons. The molecule has 2 aliphatic rings. The molecular weight excluding hydrogens is 240 g/mol. The van der Waals surface area contributed by atoms with E-state index >= 15 is 0 Å². The Morgan fingerprint density at radius 2 is 2.11 bits per heavy atom. The first-order valence-electron chi connectivity index (χ1n) is 7.63. The third-order valence-corrected chi connectivity index (χ3v) is 4.79. The van der Waals surface area contributed by atoms with Crippen LogP contribution in [0.2, 0.25) is 0 Å². The highest BCUT2D eigenvalue weighted by atomic mass is 16.5. The van der Waals surface area contributed by atoms with Crippen LogP contribution in [-0.2, 0) is 9.53 Å². The molecule has 110 valence electrons. The van der Waals surface area contributed by atoms with Gasteiger partial charge in [-0.1, -0.05) is 27.2 Å². The normalized spacial score (nSPS) is 37.5. The van der Waals surface area contributed by atoms with E-state index in [2.05, 4.69) is 31.0 Å². The lowest BCUT2D eigenvalue weighted by Gasteiger charge is -2.56. The molecule has 1 amide bonds. The van der Waals surface area contributed by atoms with Gasteiger partial charge in [-0.05, 0) is 26.7 Å². The van der Waals surface area contributed by atoms with Crippen molar-refractivity contribution in [3.8, 4) is 0 Å². The smallest absolute Gasteiger partial charge is 0.240 e. The minimum absolute atomic E-state index is 0.0431. The monoisotopic (exact) mass is 268 g/mol. The van der Waals surface area contributed by atoms with Crippen LogP contribution >= 0.6 is 0 Å². The number of nitrogens with one attached hydrogen (secondary N) is 1. The van der Waals surface area contributed by atoms with Gasteiger partial charge in [-0.25, -0.2) is 0 Å². The lowest BCUT2D eigenvalue weighted by Crippen LogP contribution is -2.64. The Balaban J connectivity index is 2.10. The number of hydrogen-bond donors (Lipinski definition) is 1. The molecule has 4 unspecified atom stereocenters. The third kappa shape index (κ3) is 2.40. The predicted octanol–water partition coefficient (Wildman–Crippen LogP) is 2.14. The average molecular weight is 268 g/mol. The van der Waals surface area contributed by atoms with Crippen molar-refractivity contribution in [2.75, 3.05) is 6.61 Å². The largest absolute Gasteiger partial charge is 0.378 e. The van der Waals surface area contributed by atoms with E-state index < -0.39 is 0 Å². The molecule has 2 rings (SSSR count). The molecule has 1 saturated carbocycles. The maximum Gasteiger partial charge on any atom is 0.240 e. The summed E-state index contributed by atoms with van der Waals surface area (Å²) in [5, 5.41) is 3.42. The minimum Gasteiger partial charge on any atom is -0.378 e. The van der Waals surface area contributed by atoms with Gasteiger partial charge < -0.3 is 9.64 Å². The number of rotatable bonds is 5. The minimum atomic E-state index is -0.0431. The number of carbonyl (C=O) groups excluding carboxylic acids is 1. The first kappa shape index (κ1) is 14.8. The van der Waals surface area contributed by atoms with E-state index in [-0.39, 0.29) is 29.6 Å². The molecule has 4 heteroatoms. The van der Waals surface area contributed by atoms with Crippen LogP contribution in [-0.4, -0.2) is 41.8 Å². The molecule has 19 heavy (non-hydrogen) atoms. The molecule has 1 aliphatic heterocycles. The Morgan fingerprint density at radius 3 is 2.63 bits per heavy atom. The summed E-state index contributed by atoms with van der Waals surface area (Å²) in [6, 6.07) is 0.268. The van der Waals surface area contributed by atoms with Gasteiger partial charge >= 0.3 is 0 Å². The topological polar surface area (TPSA) is 41.6 Å². The van der Waals surface area contributed by atoms with E-state index in [1.807, 2.05) is 13.8 Å². The zero-order valence-corrected chi connectivity index (χ0v) is 12.9. The second-order valence-corrected chi connectivity index (χ2v) is 6.46. The van der Waals surface area contributed by atoms with Gasteiger partial charge in [0.15, 0.2) is 0 Å². The molecule has 4 atom stereocenters. The lowest BCUT2D eigenvalue weighted by molar-refractivity contribution is -0.168. The maximum atomic E-state index is 12.4. The molecular formula is C15H28N2O2. The third-order valence-electron chi connectivity index (χ3n) is 4.79. The van der Waals surface area contributed by atoms with Gasteiger partial charge in [0.05, 0.1) is 18.3 Å². The van der Waals surface area contributed by atoms with Crippen LogP contribution in [0, 0.1) is 5.41 Å². The molecule has 0 bridgehead atoms. The van der Waals surface area contributed by atoms with E-state index in [1.165, 1.54) is 0 Å². The van der Waals surface area contributed by atoms with Crippen LogP contribution in [0.1, 0.15) is 53.9 Å². The summed E-state index contributed by atoms with van der Waals surface area (Å²) < 4.78 is 5.78. The van der Waals surface area contributed by atoms with Gasteiger partial charge in [0, 0.05) is 18.1 Å². The zero-order valence-electron chi connectivity index (χ0n) is 12.9. The average Bonchev–Trinajstić information content (AvgIpc) is 2.61. The van der Waals surface area contributed by atoms with Crippen molar-refractivity contribution in [1.82, 2.24) is 10.2 Å². The van der Waals surface area contributed by atoms with Crippen molar-refractivity contribution >= 4 is 5.91 Å². The van der Waals surface area contributed by atoms with Crippen LogP contribution in [0.3, 0.4) is 0 Å². The van der Waals surface area contributed by atoms with Crippen LogP contribution in [0.5, 0.6) is 0 Å². The van der Waals surface area contributed by atoms with Crippen molar-refractivity contribution < 1.29 is 9.53 Å². The van der Waals surface area contributed by atoms with E-state index in [0.29, 0.717) is 6.04 Å². The van der Waals surface area contributed by atoms with E-state index in [1.54, 1.807) is 0 Å². The van der Waals surface area contributed by atoms with Gasteiger partial charge in [-0.15, -0.1) is 0 Å². The van der Waals surface area contributed by atoms with Crippen LogP contribution in [0.25, 0.3) is 0 Å². The maximum absolute atomic E-state index is 12.4. The summed E-state index contributed by atoms with van der Waals surface area (Å²) in [6.07, 6.45) is 3.59. The standard InChI is InChI=1S/C15H28N2O2/c1-6-8-13-16-10(3)14(18)17(13)11-9-12(19-7-2)15(11,4)5/h10-13,16H,6-9H2,1-5H3. The summed E-state index contributed by atoms with van der Waals surface area (Å²) in [4.78, 5) is 14.5. The number of amides is 1. The van der Waals surface area contributed by atoms with Crippen molar-refractivity contribution in [1.29, 1.82) is 0 Å². The number of ether oxygens (including phenoxy) is 1. The fraction of sp³-hybridized carbons (Fsp3) is 0.933. The van der Waals surface area contributed by atoms with Gasteiger partial charge in [0.1, 0.15) is 0 Å². The van der Waals surface area contributed by atoms with E-state index in [9.17, 15) is 4.79 Å². The first-order valence-corrected chi connectivity index (χ1v) is 7.63. The Morgan fingerprint density at radius 1 is 1.42 bits per heavy atom. The van der Waals surface area contributed by atoms with Gasteiger partial charge in [0.25, 0.3) is 0 Å². The highest BCUT2D eigenvalue weighted by Gasteiger charge is 2.56. The van der Waals surface area contributed by atoms with Crippen molar-refractivity contribution in [2.45, 2.75) is 78.2 Å². The summed E-state index contributed by atoms with van der Waals surface area (Å²) in [7, 11) is 0. The van der Waals surface area contributed by atoms with Crippen molar-refractivity contribution in [3.63, 3.8) is 0 Å². The Kier molecular flexibility index (Phi) is 4.21. The second kappa shape index (κ2) is 5.41. The molecule has 1 aliphatic carbocycles. The summed E-state index contributed by atoms with van der Waals surface area (Å²) in [5.74, 6) is 0.256. The van der Waals surface area contributed by atoms with Gasteiger partial charge in [-0.3, -0.25) is 10.1 Å². The molecule has 0 aromatic carbocycles. The lowest BCUT2D eigenvalue weighted by atomic mass is 9.63. The Labute approximate surface area is 116 Å². The predicted molar refractivity (Wildman–Crippen MR) is 75.7 cm³/mol. The quantitative estimate of drug-likeness (QED) is 0.830. The molecule has 2 fully saturated rings. The van der Waals surface area contributed by atoms with Gasteiger partial charge in [-0.2, -0.15) is 0 Å². The second-order valence-electron chi connectivity index (χ2n) is 6.46. The SMILES string of the molecule is CCCC1NC(C)C(=O)N1C1CC(OCC)C1(C)C. The fourth-order valence-corrected chi connectivity index (χ4v) is 3.50. The van der Waals surface area contributed by atoms with Crippen molar-refractivity contribution in [3.05, 3.63) is 0 Å². The molecule has 0 spiro atoms. The molecule has 0 aromatic rings. The Bertz CT molecular complexity index is 343. The van der Waals surface area contributed by atoms with Crippen LogP contribution in [0.4, 0.5) is 0 Å². The summed E-state index contributed by atoms with van der Waals surface area (Å²) in [5.41, 5.74) is 0.0589. The molecule has 1 N–H and O–H groups in total. The molecule has 1 saturated heterocycles. The first-order chi connectivity index (χ1) is 8.93. The van der Waals surface area contributed by atoms with E-state index in [0.717, 1.165) is 25.9 Å². The number of nitrogens with zero attached hydrogens (tertiary/aromatic N) is 1. The molecule has 1 heterocycles. The Hall–Kier alpha value is -0.610. The highest BCUT2D eigenvalue weighted by molar-refractivity contribution is 5.84.